The molecule has 30 heteroatoms. The van der Waals surface area contributed by atoms with Crippen molar-refractivity contribution in [2.24, 2.45) is 0 Å². The standard InChI is InChI=1S/C9H18.6FH.12H2O.6O.6Sb/c1-3-5-7-9-8-6-4-2;;;;;;;;;;;;;;;;;;;;;;;;;;;;;;/h3H,1,4-9H2,2H3;6*1H;12*1H2;;;;;;;;;;;;/q;;;;;;;;;;;;;;;;;;;;;;;;;6*+2/p-12. The first-order valence-corrected chi connectivity index (χ1v) is 27.5. The van der Waals surface area contributed by atoms with Crippen LogP contribution in [0.5, 0.6) is 0 Å². The van der Waals surface area contributed by atoms with Crippen molar-refractivity contribution in [1.82, 2.24) is 0 Å². The SMILES string of the molecule is C=CCCCCCCC.F.F.F.F.F.F.[O]=[Sb]([OH])[OH].[O]=[Sb]([OH])[OH].[O]=[Sb]([OH])[OH].[O]=[Sb]([OH])[OH].[O]=[Sb]([OH])[OH].[O]=[Sb]([OH])[OH]. The molecule has 18 nitrogen and oxygen atoms in total. The molecule has 0 aliphatic carbocycles. The summed E-state index contributed by atoms with van der Waals surface area (Å²) in [7, 11) is 0. The maximum atomic E-state index is 8.82. The van der Waals surface area contributed by atoms with Crippen molar-refractivity contribution in [3.8, 4) is 0 Å². The van der Waals surface area contributed by atoms with Crippen LogP contribution >= 0.6 is 0 Å². The zero-order valence-electron chi connectivity index (χ0n) is 19.5. The Balaban J connectivity index is -0.0000000185. The molecule has 0 aromatic heterocycles. The maximum absolute atomic E-state index is 8.82. The molecule has 0 spiro atoms. The Labute approximate surface area is 267 Å². The van der Waals surface area contributed by atoms with E-state index in [1.54, 1.807) is 0 Å². The first-order chi connectivity index (χ1) is 14.8. The second-order valence-electron chi connectivity index (χ2n) is 4.01. The number of rotatable bonds is 6. The van der Waals surface area contributed by atoms with Gasteiger partial charge in [0.15, 0.2) is 0 Å². The van der Waals surface area contributed by atoms with Crippen LogP contribution in [0.3, 0.4) is 0 Å². The fourth-order valence-corrected chi connectivity index (χ4v) is 0.892. The first-order valence-electron chi connectivity index (χ1n) is 7.52. The van der Waals surface area contributed by atoms with Crippen LogP contribution in [0.1, 0.15) is 45.4 Å². The summed E-state index contributed by atoms with van der Waals surface area (Å²) in [5, 5.41) is 0. The van der Waals surface area contributed by atoms with Gasteiger partial charge in [0.1, 0.15) is 0 Å². The van der Waals surface area contributed by atoms with Crippen LogP contribution in [0.15, 0.2) is 12.7 Å². The van der Waals surface area contributed by atoms with E-state index in [1.165, 1.54) is 38.5 Å². The summed E-state index contributed by atoms with van der Waals surface area (Å²) in [6.07, 6.45) is 10.1. The van der Waals surface area contributed by atoms with Gasteiger partial charge >= 0.3 is 185 Å². The van der Waals surface area contributed by atoms with Gasteiger partial charge < -0.3 is 0 Å². The molecule has 0 unspecified atom stereocenters. The van der Waals surface area contributed by atoms with Gasteiger partial charge in [-0.1, -0.05) is 38.7 Å². The van der Waals surface area contributed by atoms with Crippen molar-refractivity contribution in [2.45, 2.75) is 45.4 Å². The molecule has 0 fully saturated rings. The number of unbranched alkanes of at least 4 members (excludes halogenated alkanes) is 5. The third-order valence-corrected chi connectivity index (χ3v) is 1.51. The van der Waals surface area contributed by atoms with Gasteiger partial charge in [0, 0.05) is 0 Å². The molecule has 0 aromatic rings. The molecule has 12 N–H and O–H groups in total. The molecule has 0 saturated heterocycles. The number of halogens is 6. The summed E-state index contributed by atoms with van der Waals surface area (Å²) in [5.74, 6) is 0. The Morgan fingerprint density at radius 1 is 0.436 bits per heavy atom. The van der Waals surface area contributed by atoms with Gasteiger partial charge in [0.2, 0.25) is 0 Å². The Kier molecular flexibility index (Phi) is 180. The third kappa shape index (κ3) is 824. The molecule has 0 aliphatic heterocycles. The van der Waals surface area contributed by atoms with Gasteiger partial charge in [-0.2, -0.15) is 0 Å². The molecule has 252 valence electrons. The fraction of sp³-hybridized carbons (Fsp3) is 0.778. The van der Waals surface area contributed by atoms with E-state index < -0.39 is 126 Å². The molecular weight excluding hydrogens is 1240 g/mol. The number of allylic oxidation sites excluding steroid dienone is 1. The van der Waals surface area contributed by atoms with Crippen molar-refractivity contribution >= 4 is 126 Å². The molecule has 0 saturated carbocycles. The van der Waals surface area contributed by atoms with Crippen molar-refractivity contribution in [3.05, 3.63) is 12.7 Å². The Bertz CT molecular complexity index is 423. The summed E-state index contributed by atoms with van der Waals surface area (Å²) in [5.41, 5.74) is 0. The molecule has 0 heterocycles. The second kappa shape index (κ2) is 83.6. The summed E-state index contributed by atoms with van der Waals surface area (Å²) < 4.78 is 140. The zero-order chi connectivity index (χ0) is 28.4. The third-order valence-electron chi connectivity index (χ3n) is 1.51. The average molecular weight is 1280 g/mol. The van der Waals surface area contributed by atoms with Crippen LogP contribution in [0.25, 0.3) is 0 Å². The Hall–Kier alpha value is 2.55. The number of hydrogen-bond acceptors (Lipinski definition) is 6. The average Bonchev–Trinajstić information content (AvgIpc) is 2.51. The second-order valence-corrected chi connectivity index (χ2v) is 12.7. The van der Waals surface area contributed by atoms with Gasteiger partial charge in [-0.25, -0.2) is 0 Å². The summed E-state index contributed by atoms with van der Waals surface area (Å²) in [6, 6.07) is 0. The van der Waals surface area contributed by atoms with Crippen molar-refractivity contribution in [1.29, 1.82) is 0 Å². The molecule has 39 heavy (non-hydrogen) atoms. The molecule has 0 atom stereocenters. The van der Waals surface area contributed by atoms with Crippen LogP contribution in [0.4, 0.5) is 28.2 Å². The van der Waals surface area contributed by atoms with Crippen molar-refractivity contribution in [3.63, 3.8) is 0 Å². The summed E-state index contributed by atoms with van der Waals surface area (Å²) in [6.45, 7) is 5.92. The summed E-state index contributed by atoms with van der Waals surface area (Å²) in [4.78, 5) is 0. The molecule has 6 radical (unpaired) electrons. The van der Waals surface area contributed by atoms with Gasteiger partial charge in [-0.3, -0.25) is 28.2 Å². The first kappa shape index (κ1) is 83.8. The van der Waals surface area contributed by atoms with Gasteiger partial charge in [0.25, 0.3) is 0 Å². The van der Waals surface area contributed by atoms with E-state index in [9.17, 15) is 0 Å². The zero-order valence-corrected chi connectivity index (χ0v) is 34.8. The summed E-state index contributed by atoms with van der Waals surface area (Å²) >= 11 is -22.2. The quantitative estimate of drug-likeness (QED) is 0.0512. The fourth-order valence-electron chi connectivity index (χ4n) is 0.892. The minimum atomic E-state index is -3.70. The van der Waals surface area contributed by atoms with Crippen molar-refractivity contribution in [2.75, 3.05) is 0 Å². The van der Waals surface area contributed by atoms with Crippen LogP contribution < -0.4 is 0 Å². The van der Waals surface area contributed by atoms with Crippen LogP contribution in [0.2, 0.25) is 0 Å². The predicted molar refractivity (Wildman–Crippen MR) is 124 cm³/mol. The van der Waals surface area contributed by atoms with Crippen LogP contribution in [0, 0.1) is 0 Å². The minimum absolute atomic E-state index is 0. The molecule has 0 rings (SSSR count). The topological polar surface area (TPSA) is 345 Å². The van der Waals surface area contributed by atoms with E-state index in [1.807, 2.05) is 6.08 Å². The van der Waals surface area contributed by atoms with E-state index in [4.69, 9.17) is 58.7 Å². The Morgan fingerprint density at radius 2 is 0.590 bits per heavy atom. The van der Waals surface area contributed by atoms with Gasteiger partial charge in [0.05, 0.1) is 0 Å². The van der Waals surface area contributed by atoms with E-state index in [-0.39, 0.29) is 28.2 Å². The molecule has 0 aromatic carbocycles. The normalized spacial score (nSPS) is 6.18. The number of hydrogen-bond donors (Lipinski definition) is 12. The van der Waals surface area contributed by atoms with E-state index >= 15 is 0 Å². The van der Waals surface area contributed by atoms with Crippen LogP contribution in [-0.2, 0) is 18.1 Å². The van der Waals surface area contributed by atoms with Gasteiger partial charge in [-0.05, 0) is 12.8 Å². The van der Waals surface area contributed by atoms with Crippen LogP contribution in [-0.4, -0.2) is 167 Å². The van der Waals surface area contributed by atoms with E-state index in [0.29, 0.717) is 0 Å². The molecule has 0 amide bonds. The van der Waals surface area contributed by atoms with Crippen molar-refractivity contribution < 1.29 is 87.0 Å². The molecule has 0 aliphatic rings. The van der Waals surface area contributed by atoms with E-state index in [2.05, 4.69) is 13.5 Å². The molecular formula is C9H36F6O18Sb6. The van der Waals surface area contributed by atoms with E-state index in [0.717, 1.165) is 0 Å². The van der Waals surface area contributed by atoms with Gasteiger partial charge in [-0.15, -0.1) is 6.58 Å². The predicted octanol–water partition coefficient (Wildman–Crippen LogP) is -5.23. The Morgan fingerprint density at radius 3 is 0.718 bits per heavy atom. The monoisotopic (exact) mass is 1270 g/mol. The molecule has 0 bridgehead atoms.